The van der Waals surface area contributed by atoms with Crippen molar-refractivity contribution in [2.45, 2.75) is 39.0 Å². The Hall–Kier alpha value is -1.64. The highest BCUT2D eigenvalue weighted by atomic mass is 15.1. The third-order valence-electron chi connectivity index (χ3n) is 3.97. The summed E-state index contributed by atoms with van der Waals surface area (Å²) in [6.07, 6.45) is 12.3. The summed E-state index contributed by atoms with van der Waals surface area (Å²) in [5.74, 6) is 0.938. The van der Waals surface area contributed by atoms with E-state index in [0.29, 0.717) is 5.41 Å². The predicted molar refractivity (Wildman–Crippen MR) is 71.6 cm³/mol. The molecule has 1 fully saturated rings. The van der Waals surface area contributed by atoms with Crippen LogP contribution in [0.4, 0.5) is 0 Å². The Bertz CT molecular complexity index is 510. The highest BCUT2D eigenvalue weighted by Gasteiger charge is 2.29. The normalized spacial score (nSPS) is 18.1. The van der Waals surface area contributed by atoms with Crippen LogP contribution in [0.5, 0.6) is 0 Å². The Morgan fingerprint density at radius 2 is 2.06 bits per heavy atom. The van der Waals surface area contributed by atoms with Crippen molar-refractivity contribution < 1.29 is 0 Å². The molecule has 1 saturated carbocycles. The van der Waals surface area contributed by atoms with E-state index < -0.39 is 0 Å². The molecule has 1 aliphatic rings. The summed E-state index contributed by atoms with van der Waals surface area (Å²) < 4.78 is 2.01. The van der Waals surface area contributed by atoms with Gasteiger partial charge in [-0.1, -0.05) is 25.8 Å². The number of aromatic nitrogens is 3. The average Bonchev–Trinajstić information content (AvgIpc) is 3.00. The van der Waals surface area contributed by atoms with Crippen LogP contribution >= 0.6 is 0 Å². The summed E-state index contributed by atoms with van der Waals surface area (Å²) in [6, 6.07) is 5.93. The fourth-order valence-corrected chi connectivity index (χ4v) is 2.93. The molecule has 0 amide bonds. The highest BCUT2D eigenvalue weighted by Crippen LogP contribution is 2.39. The number of pyridine rings is 1. The smallest absolute Gasteiger partial charge is 0.137 e. The lowest BCUT2D eigenvalue weighted by Gasteiger charge is -2.21. The molecular weight excluding hydrogens is 222 g/mol. The second-order valence-corrected chi connectivity index (χ2v) is 5.65. The lowest BCUT2D eigenvalue weighted by Crippen LogP contribution is -2.14. The molecule has 0 saturated heterocycles. The maximum Gasteiger partial charge on any atom is 0.137 e. The number of hydrogen-bond acceptors (Lipinski definition) is 2. The van der Waals surface area contributed by atoms with Crippen molar-refractivity contribution in [3.8, 4) is 5.82 Å². The van der Waals surface area contributed by atoms with Gasteiger partial charge in [-0.15, -0.1) is 0 Å². The summed E-state index contributed by atoms with van der Waals surface area (Å²) in [5.41, 5.74) is 1.65. The lowest BCUT2D eigenvalue weighted by atomic mass is 9.84. The zero-order valence-corrected chi connectivity index (χ0v) is 10.8. The van der Waals surface area contributed by atoms with Gasteiger partial charge in [-0.3, -0.25) is 4.57 Å². The van der Waals surface area contributed by atoms with Gasteiger partial charge in [0.2, 0.25) is 0 Å². The molecule has 0 N–H and O–H groups in total. The predicted octanol–water partition coefficient (Wildman–Crippen LogP) is 3.39. The molecule has 94 valence electrons. The van der Waals surface area contributed by atoms with Crippen molar-refractivity contribution >= 4 is 0 Å². The number of hydrogen-bond donors (Lipinski definition) is 0. The van der Waals surface area contributed by atoms with Crippen molar-refractivity contribution in [2.24, 2.45) is 5.41 Å². The molecular formula is C15H19N3. The van der Waals surface area contributed by atoms with E-state index in [1.807, 2.05) is 35.3 Å². The fourth-order valence-electron chi connectivity index (χ4n) is 2.93. The summed E-state index contributed by atoms with van der Waals surface area (Å²) in [5, 5.41) is 0. The van der Waals surface area contributed by atoms with E-state index in [0.717, 1.165) is 12.2 Å². The fraction of sp³-hybridized carbons (Fsp3) is 0.467. The Kier molecular flexibility index (Phi) is 2.90. The zero-order chi connectivity index (χ0) is 12.4. The molecule has 2 aromatic heterocycles. The van der Waals surface area contributed by atoms with Crippen molar-refractivity contribution in [1.82, 2.24) is 14.5 Å². The Morgan fingerprint density at radius 3 is 2.78 bits per heavy atom. The summed E-state index contributed by atoms with van der Waals surface area (Å²) in [7, 11) is 0. The second kappa shape index (κ2) is 4.56. The van der Waals surface area contributed by atoms with Crippen molar-refractivity contribution in [3.63, 3.8) is 0 Å². The molecule has 0 bridgehead atoms. The molecule has 0 unspecified atom stereocenters. The molecule has 0 radical (unpaired) electrons. The lowest BCUT2D eigenvalue weighted by molar-refractivity contribution is 0.331. The minimum absolute atomic E-state index is 0.462. The molecule has 2 heterocycles. The summed E-state index contributed by atoms with van der Waals surface area (Å²) in [6.45, 7) is 2.39. The molecule has 0 atom stereocenters. The maximum atomic E-state index is 4.52. The van der Waals surface area contributed by atoms with Gasteiger partial charge in [0.1, 0.15) is 12.1 Å². The minimum atomic E-state index is 0.462. The molecule has 3 rings (SSSR count). The molecule has 3 heteroatoms. The van der Waals surface area contributed by atoms with E-state index in [2.05, 4.69) is 23.1 Å². The van der Waals surface area contributed by atoms with Gasteiger partial charge in [0.15, 0.2) is 0 Å². The van der Waals surface area contributed by atoms with Gasteiger partial charge in [-0.2, -0.15) is 0 Å². The Balaban J connectivity index is 1.78. The third-order valence-corrected chi connectivity index (χ3v) is 3.97. The first-order valence-electron chi connectivity index (χ1n) is 6.70. The Morgan fingerprint density at radius 1 is 1.22 bits per heavy atom. The molecule has 3 nitrogen and oxygen atoms in total. The van der Waals surface area contributed by atoms with Crippen LogP contribution in [0.2, 0.25) is 0 Å². The van der Waals surface area contributed by atoms with Gasteiger partial charge in [0.25, 0.3) is 0 Å². The number of nitrogens with zero attached hydrogens (tertiary/aromatic N) is 3. The van der Waals surface area contributed by atoms with E-state index in [4.69, 9.17) is 0 Å². The maximum absolute atomic E-state index is 4.52. The van der Waals surface area contributed by atoms with Crippen LogP contribution in [0.3, 0.4) is 0 Å². The van der Waals surface area contributed by atoms with Crippen LogP contribution in [0.1, 0.15) is 38.3 Å². The first-order valence-corrected chi connectivity index (χ1v) is 6.70. The summed E-state index contributed by atoms with van der Waals surface area (Å²) in [4.78, 5) is 8.86. The topological polar surface area (TPSA) is 30.7 Å². The molecule has 1 aliphatic carbocycles. The molecule has 2 aromatic rings. The largest absolute Gasteiger partial charge is 0.290 e. The standard InChI is InChI=1S/C15H19N3/c1-15(7-3-4-8-15)10-13-11-18(12-17-13)14-6-2-5-9-16-14/h2,5-6,9,11-12H,3-4,7-8,10H2,1H3. The minimum Gasteiger partial charge on any atom is -0.290 e. The Labute approximate surface area is 108 Å². The van der Waals surface area contributed by atoms with Gasteiger partial charge >= 0.3 is 0 Å². The zero-order valence-electron chi connectivity index (χ0n) is 10.8. The van der Waals surface area contributed by atoms with E-state index in [-0.39, 0.29) is 0 Å². The van der Waals surface area contributed by atoms with Gasteiger partial charge < -0.3 is 0 Å². The number of rotatable bonds is 3. The monoisotopic (exact) mass is 241 g/mol. The van der Waals surface area contributed by atoms with E-state index in [9.17, 15) is 0 Å². The van der Waals surface area contributed by atoms with Crippen LogP contribution in [0.25, 0.3) is 5.82 Å². The molecule has 0 aliphatic heterocycles. The quantitative estimate of drug-likeness (QED) is 0.824. The van der Waals surface area contributed by atoms with Crippen LogP contribution < -0.4 is 0 Å². The van der Waals surface area contributed by atoms with Gasteiger partial charge in [-0.25, -0.2) is 9.97 Å². The van der Waals surface area contributed by atoms with Crippen LogP contribution in [0, 0.1) is 5.41 Å². The molecule has 18 heavy (non-hydrogen) atoms. The van der Waals surface area contributed by atoms with E-state index in [1.54, 1.807) is 0 Å². The van der Waals surface area contributed by atoms with E-state index >= 15 is 0 Å². The van der Waals surface area contributed by atoms with Crippen molar-refractivity contribution in [1.29, 1.82) is 0 Å². The first-order chi connectivity index (χ1) is 8.75. The summed E-state index contributed by atoms with van der Waals surface area (Å²) >= 11 is 0. The third kappa shape index (κ3) is 2.30. The second-order valence-electron chi connectivity index (χ2n) is 5.65. The molecule has 0 spiro atoms. The highest BCUT2D eigenvalue weighted by molar-refractivity contribution is 5.22. The van der Waals surface area contributed by atoms with Crippen molar-refractivity contribution in [2.75, 3.05) is 0 Å². The SMILES string of the molecule is CC1(Cc2cn(-c3ccccn3)cn2)CCCC1. The van der Waals surface area contributed by atoms with Crippen LogP contribution in [0.15, 0.2) is 36.9 Å². The van der Waals surface area contributed by atoms with Crippen molar-refractivity contribution in [3.05, 3.63) is 42.6 Å². The van der Waals surface area contributed by atoms with E-state index in [1.165, 1.54) is 31.4 Å². The van der Waals surface area contributed by atoms with Gasteiger partial charge in [-0.05, 0) is 36.8 Å². The first kappa shape index (κ1) is 11.5. The average molecular weight is 241 g/mol. The number of imidazole rings is 1. The van der Waals surface area contributed by atoms with Gasteiger partial charge in [0.05, 0.1) is 5.69 Å². The van der Waals surface area contributed by atoms with Crippen LogP contribution in [-0.2, 0) is 6.42 Å². The van der Waals surface area contributed by atoms with Gasteiger partial charge in [0, 0.05) is 12.4 Å². The molecule has 0 aromatic carbocycles. The van der Waals surface area contributed by atoms with Crippen LogP contribution in [-0.4, -0.2) is 14.5 Å².